The monoisotopic (exact) mass is 235 g/mol. The Kier molecular flexibility index (Phi) is 5.20. The largest absolute Gasteiger partial charge is 0.477 e. The summed E-state index contributed by atoms with van der Waals surface area (Å²) in [7, 11) is 0. The molecular weight excluding hydrogens is 218 g/mol. The summed E-state index contributed by atoms with van der Waals surface area (Å²) in [6.07, 6.45) is 0.407. The zero-order valence-electron chi connectivity index (χ0n) is 10.1. The average molecular weight is 235 g/mol. The smallest absolute Gasteiger partial charge is 0.353 e. The first-order chi connectivity index (χ1) is 8.09. The molecule has 17 heavy (non-hydrogen) atoms. The molecular formula is C13H17NO3. The first-order valence-electron chi connectivity index (χ1n) is 5.55. The van der Waals surface area contributed by atoms with Gasteiger partial charge in [0, 0.05) is 6.42 Å². The van der Waals surface area contributed by atoms with Crippen LogP contribution in [-0.4, -0.2) is 16.8 Å². The van der Waals surface area contributed by atoms with E-state index in [1.165, 1.54) is 0 Å². The van der Waals surface area contributed by atoms with E-state index in [9.17, 15) is 4.79 Å². The van der Waals surface area contributed by atoms with Crippen molar-refractivity contribution < 1.29 is 14.7 Å². The second kappa shape index (κ2) is 6.68. The second-order valence-corrected chi connectivity index (χ2v) is 4.20. The normalized spacial score (nSPS) is 11.6. The Labute approximate surface area is 101 Å². The summed E-state index contributed by atoms with van der Waals surface area (Å²) >= 11 is 0. The van der Waals surface area contributed by atoms with Crippen molar-refractivity contribution in [1.82, 2.24) is 0 Å². The van der Waals surface area contributed by atoms with Gasteiger partial charge in [-0.25, -0.2) is 4.79 Å². The fourth-order valence-electron chi connectivity index (χ4n) is 1.31. The number of carbonyl (C=O) groups is 1. The summed E-state index contributed by atoms with van der Waals surface area (Å²) in [5, 5.41) is 12.6. The number of benzene rings is 1. The van der Waals surface area contributed by atoms with Gasteiger partial charge in [0.1, 0.15) is 6.61 Å². The van der Waals surface area contributed by atoms with Crippen LogP contribution in [-0.2, 0) is 16.2 Å². The third kappa shape index (κ3) is 5.15. The van der Waals surface area contributed by atoms with Crippen LogP contribution in [0.4, 0.5) is 0 Å². The molecule has 92 valence electrons. The minimum absolute atomic E-state index is 0.0657. The van der Waals surface area contributed by atoms with Crippen molar-refractivity contribution in [2.24, 2.45) is 11.1 Å². The summed E-state index contributed by atoms with van der Waals surface area (Å²) in [5.74, 6) is -0.781. The summed E-state index contributed by atoms with van der Waals surface area (Å²) in [6, 6.07) is 9.51. The van der Waals surface area contributed by atoms with Gasteiger partial charge in [-0.05, 0) is 11.5 Å². The third-order valence-electron chi connectivity index (χ3n) is 2.10. The minimum atomic E-state index is -1.02. The lowest BCUT2D eigenvalue weighted by Gasteiger charge is -2.05. The molecule has 0 aliphatic carbocycles. The Hall–Kier alpha value is -1.84. The standard InChI is InChI=1S/C13H17NO3/c1-10(2)8-12(13(15)16)14-17-9-11-6-4-3-5-7-11/h3-7,10H,8-9H2,1-2H3,(H,15,16). The van der Waals surface area contributed by atoms with Gasteiger partial charge in [0.05, 0.1) is 0 Å². The first-order valence-corrected chi connectivity index (χ1v) is 5.55. The van der Waals surface area contributed by atoms with E-state index in [-0.39, 0.29) is 18.2 Å². The molecule has 0 aliphatic rings. The molecule has 0 unspecified atom stereocenters. The summed E-state index contributed by atoms with van der Waals surface area (Å²) < 4.78 is 0. The second-order valence-electron chi connectivity index (χ2n) is 4.20. The quantitative estimate of drug-likeness (QED) is 0.609. The maximum absolute atomic E-state index is 10.9. The van der Waals surface area contributed by atoms with Crippen LogP contribution in [0.3, 0.4) is 0 Å². The molecule has 1 rings (SSSR count). The number of carboxylic acids is 1. The average Bonchev–Trinajstić information content (AvgIpc) is 2.28. The molecule has 0 amide bonds. The van der Waals surface area contributed by atoms with Crippen molar-refractivity contribution in [1.29, 1.82) is 0 Å². The van der Waals surface area contributed by atoms with Gasteiger partial charge in [-0.2, -0.15) is 0 Å². The lowest BCUT2D eigenvalue weighted by atomic mass is 10.1. The van der Waals surface area contributed by atoms with Gasteiger partial charge in [0.15, 0.2) is 5.71 Å². The van der Waals surface area contributed by atoms with Gasteiger partial charge < -0.3 is 9.94 Å². The van der Waals surface area contributed by atoms with Crippen LogP contribution in [0.2, 0.25) is 0 Å². The molecule has 0 spiro atoms. The molecule has 0 radical (unpaired) electrons. The SMILES string of the molecule is CC(C)CC(=NOCc1ccccc1)C(=O)O. The predicted molar refractivity (Wildman–Crippen MR) is 65.8 cm³/mol. The van der Waals surface area contributed by atoms with Crippen molar-refractivity contribution in [3.8, 4) is 0 Å². The van der Waals surface area contributed by atoms with Crippen molar-refractivity contribution in [2.45, 2.75) is 26.9 Å². The molecule has 1 aromatic rings. The Morgan fingerprint density at radius 3 is 2.53 bits per heavy atom. The molecule has 1 N–H and O–H groups in total. The highest BCUT2D eigenvalue weighted by Crippen LogP contribution is 2.05. The first kappa shape index (κ1) is 13.2. The van der Waals surface area contributed by atoms with Crippen LogP contribution in [0.5, 0.6) is 0 Å². The Balaban J connectivity index is 2.52. The van der Waals surface area contributed by atoms with Crippen LogP contribution in [0.25, 0.3) is 0 Å². The Bertz CT molecular complexity index is 385. The molecule has 0 bridgehead atoms. The number of aliphatic carboxylic acids is 1. The minimum Gasteiger partial charge on any atom is -0.477 e. The van der Waals surface area contributed by atoms with E-state index in [0.717, 1.165) is 5.56 Å². The van der Waals surface area contributed by atoms with E-state index in [2.05, 4.69) is 5.16 Å². The van der Waals surface area contributed by atoms with Crippen LogP contribution in [0, 0.1) is 5.92 Å². The maximum Gasteiger partial charge on any atom is 0.353 e. The van der Waals surface area contributed by atoms with Crippen molar-refractivity contribution in [2.75, 3.05) is 0 Å². The molecule has 0 fully saturated rings. The highest BCUT2D eigenvalue weighted by Gasteiger charge is 2.12. The van der Waals surface area contributed by atoms with E-state index in [1.54, 1.807) is 0 Å². The van der Waals surface area contributed by atoms with Crippen molar-refractivity contribution in [3.05, 3.63) is 35.9 Å². The zero-order chi connectivity index (χ0) is 12.7. The van der Waals surface area contributed by atoms with Gasteiger partial charge >= 0.3 is 5.97 Å². The number of carboxylic acid groups (broad SMARTS) is 1. The van der Waals surface area contributed by atoms with E-state index < -0.39 is 5.97 Å². The molecule has 0 aliphatic heterocycles. The lowest BCUT2D eigenvalue weighted by molar-refractivity contribution is -0.129. The molecule has 0 saturated heterocycles. The number of rotatable bonds is 6. The van der Waals surface area contributed by atoms with Gasteiger partial charge in [-0.1, -0.05) is 49.3 Å². The lowest BCUT2D eigenvalue weighted by Crippen LogP contribution is -2.16. The van der Waals surface area contributed by atoms with Gasteiger partial charge in [-0.15, -0.1) is 0 Å². The molecule has 0 atom stereocenters. The number of nitrogens with zero attached hydrogens (tertiary/aromatic N) is 1. The number of hydrogen-bond acceptors (Lipinski definition) is 3. The van der Waals surface area contributed by atoms with Gasteiger partial charge in [0.25, 0.3) is 0 Å². The van der Waals surface area contributed by atoms with Gasteiger partial charge in [0.2, 0.25) is 0 Å². The number of hydrogen-bond donors (Lipinski definition) is 1. The van der Waals surface area contributed by atoms with Crippen molar-refractivity contribution in [3.63, 3.8) is 0 Å². The van der Waals surface area contributed by atoms with Crippen LogP contribution in [0.15, 0.2) is 35.5 Å². The van der Waals surface area contributed by atoms with Crippen LogP contribution >= 0.6 is 0 Å². The molecule has 4 heteroatoms. The van der Waals surface area contributed by atoms with E-state index in [1.807, 2.05) is 44.2 Å². The van der Waals surface area contributed by atoms with Gasteiger partial charge in [-0.3, -0.25) is 0 Å². The predicted octanol–water partition coefficient (Wildman–Crippen LogP) is 2.69. The molecule has 1 aromatic carbocycles. The topological polar surface area (TPSA) is 58.9 Å². The van der Waals surface area contributed by atoms with Crippen LogP contribution in [0.1, 0.15) is 25.8 Å². The fourth-order valence-corrected chi connectivity index (χ4v) is 1.31. The highest BCUT2D eigenvalue weighted by atomic mass is 16.6. The third-order valence-corrected chi connectivity index (χ3v) is 2.10. The highest BCUT2D eigenvalue weighted by molar-refractivity contribution is 6.35. The summed E-state index contributed by atoms with van der Waals surface area (Å²) in [6.45, 7) is 4.17. The fraction of sp³-hybridized carbons (Fsp3) is 0.385. The molecule has 0 aromatic heterocycles. The maximum atomic E-state index is 10.9. The van der Waals surface area contributed by atoms with Crippen LogP contribution < -0.4 is 0 Å². The Morgan fingerprint density at radius 2 is 2.00 bits per heavy atom. The van der Waals surface area contributed by atoms with E-state index in [0.29, 0.717) is 6.42 Å². The summed E-state index contributed by atoms with van der Waals surface area (Å²) in [4.78, 5) is 15.9. The molecule has 4 nitrogen and oxygen atoms in total. The molecule has 0 heterocycles. The van der Waals surface area contributed by atoms with E-state index in [4.69, 9.17) is 9.94 Å². The Morgan fingerprint density at radius 1 is 1.35 bits per heavy atom. The zero-order valence-corrected chi connectivity index (χ0v) is 10.1. The number of oxime groups is 1. The molecule has 0 saturated carbocycles. The van der Waals surface area contributed by atoms with Crippen molar-refractivity contribution >= 4 is 11.7 Å². The van der Waals surface area contributed by atoms with E-state index >= 15 is 0 Å². The summed E-state index contributed by atoms with van der Waals surface area (Å²) in [5.41, 5.74) is 1.03.